The molecule has 1 aliphatic carbocycles. The fourth-order valence-corrected chi connectivity index (χ4v) is 6.29. The van der Waals surface area contributed by atoms with Crippen LogP contribution in [0, 0.1) is 29.9 Å². The maximum Gasteiger partial charge on any atom is 0.292 e. The van der Waals surface area contributed by atoms with E-state index in [0.29, 0.717) is 27.2 Å². The molecule has 9 heteroatoms. The number of aryl methyl sites for hydroxylation is 1. The van der Waals surface area contributed by atoms with Crippen LogP contribution in [0.25, 0.3) is 0 Å². The lowest BCUT2D eigenvalue weighted by molar-refractivity contribution is -0.384. The van der Waals surface area contributed by atoms with Crippen LogP contribution in [0.5, 0.6) is 11.5 Å². The fourth-order valence-electron chi connectivity index (χ4n) is 5.40. The highest BCUT2D eigenvalue weighted by atomic mass is 79.9. The van der Waals surface area contributed by atoms with Gasteiger partial charge in [-0.25, -0.2) is 0 Å². The molecule has 1 N–H and O–H groups in total. The quantitative estimate of drug-likeness (QED) is 0.173. The van der Waals surface area contributed by atoms with Gasteiger partial charge in [-0.2, -0.15) is 0 Å². The van der Waals surface area contributed by atoms with E-state index in [1.54, 1.807) is 25.3 Å². The molecule has 1 heterocycles. The van der Waals surface area contributed by atoms with E-state index >= 15 is 0 Å². The van der Waals surface area contributed by atoms with Gasteiger partial charge in [0.2, 0.25) is 0 Å². The zero-order valence-electron chi connectivity index (χ0n) is 20.5. The second kappa shape index (κ2) is 10.2. The lowest BCUT2D eigenvalue weighted by Gasteiger charge is -2.38. The van der Waals surface area contributed by atoms with Gasteiger partial charge in [-0.15, -0.1) is 0 Å². The Kier molecular flexibility index (Phi) is 7.14. The molecule has 0 fully saturated rings. The van der Waals surface area contributed by atoms with Crippen molar-refractivity contribution in [3.8, 4) is 11.5 Å². The Hall–Kier alpha value is -2.74. The lowest BCUT2D eigenvalue weighted by Crippen LogP contribution is -2.30. The molecule has 6 nitrogen and oxygen atoms in total. The van der Waals surface area contributed by atoms with Gasteiger partial charge in [-0.3, -0.25) is 10.1 Å². The van der Waals surface area contributed by atoms with E-state index in [0.717, 1.165) is 38.7 Å². The molecule has 3 aromatic rings. The van der Waals surface area contributed by atoms with Gasteiger partial charge in [0.15, 0.2) is 11.5 Å². The molecular formula is C28H25BrCl2N2O4. The molecule has 3 atom stereocenters. The van der Waals surface area contributed by atoms with Crippen LogP contribution in [0.3, 0.4) is 0 Å². The maximum absolute atomic E-state index is 12.0. The standard InChI is InChI=1S/C28H25BrCl2N2O4/c1-14-9-23(33(34)35)27-25(15(14)2)18-5-4-6-19(18)26(32-27)17-11-20(29)28(24(12-17)36-3)37-13-16-7-8-21(30)22(31)10-16/h4-5,7-12,18-19,26,32H,6,13H2,1-3H3/t18-,19-,26+/m1/s1. The number of hydrogen-bond acceptors (Lipinski definition) is 5. The van der Waals surface area contributed by atoms with Gasteiger partial charge in [-0.05, 0) is 94.2 Å². The molecule has 1 aliphatic heterocycles. The van der Waals surface area contributed by atoms with E-state index in [9.17, 15) is 10.1 Å². The zero-order chi connectivity index (χ0) is 26.4. The average molecular weight is 604 g/mol. The van der Waals surface area contributed by atoms with Crippen LogP contribution in [0.4, 0.5) is 11.4 Å². The van der Waals surface area contributed by atoms with Crippen molar-refractivity contribution in [3.05, 3.63) is 101 Å². The molecule has 37 heavy (non-hydrogen) atoms. The van der Waals surface area contributed by atoms with Crippen LogP contribution in [-0.2, 0) is 6.61 Å². The van der Waals surface area contributed by atoms with Crippen molar-refractivity contribution in [3.63, 3.8) is 0 Å². The van der Waals surface area contributed by atoms with Gasteiger partial charge in [0.1, 0.15) is 12.3 Å². The summed E-state index contributed by atoms with van der Waals surface area (Å²) in [6.45, 7) is 4.25. The third kappa shape index (κ3) is 4.69. The first-order chi connectivity index (χ1) is 17.7. The minimum Gasteiger partial charge on any atom is -0.493 e. The summed E-state index contributed by atoms with van der Waals surface area (Å²) in [5, 5.41) is 16.5. The number of rotatable bonds is 6. The summed E-state index contributed by atoms with van der Waals surface area (Å²) in [5.74, 6) is 1.43. The minimum absolute atomic E-state index is 0.0928. The first-order valence-electron chi connectivity index (χ1n) is 11.9. The number of nitrogens with zero attached hydrogens (tertiary/aromatic N) is 1. The molecule has 192 valence electrons. The van der Waals surface area contributed by atoms with Gasteiger partial charge < -0.3 is 14.8 Å². The highest BCUT2D eigenvalue weighted by Gasteiger charge is 2.42. The number of halogens is 3. The summed E-state index contributed by atoms with van der Waals surface area (Å²) in [5.41, 5.74) is 5.58. The van der Waals surface area contributed by atoms with E-state index < -0.39 is 0 Å². The Labute approximate surface area is 233 Å². The predicted molar refractivity (Wildman–Crippen MR) is 150 cm³/mol. The number of methoxy groups -OCH3 is 1. The number of nitrogens with one attached hydrogen (secondary N) is 1. The van der Waals surface area contributed by atoms with Crippen molar-refractivity contribution in [2.45, 2.75) is 38.8 Å². The molecule has 3 aromatic carbocycles. The Balaban J connectivity index is 1.51. The smallest absolute Gasteiger partial charge is 0.292 e. The molecule has 0 unspecified atom stereocenters. The monoisotopic (exact) mass is 602 g/mol. The highest BCUT2D eigenvalue weighted by Crippen LogP contribution is 2.54. The zero-order valence-corrected chi connectivity index (χ0v) is 23.6. The average Bonchev–Trinajstić information content (AvgIpc) is 3.36. The van der Waals surface area contributed by atoms with E-state index in [4.69, 9.17) is 32.7 Å². The van der Waals surface area contributed by atoms with Crippen molar-refractivity contribution >= 4 is 50.5 Å². The Morgan fingerprint density at radius 1 is 1.16 bits per heavy atom. The normalized spacial score (nSPS) is 19.7. The van der Waals surface area contributed by atoms with Gasteiger partial charge in [-0.1, -0.05) is 41.4 Å². The molecule has 0 aromatic heterocycles. The van der Waals surface area contributed by atoms with Crippen LogP contribution in [0.2, 0.25) is 10.0 Å². The molecule has 0 saturated carbocycles. The number of ether oxygens (including phenoxy) is 2. The third-order valence-electron chi connectivity index (χ3n) is 7.32. The Morgan fingerprint density at radius 2 is 1.95 bits per heavy atom. The SMILES string of the molecule is COc1cc([C@@H]2Nc3c([N+](=O)[O-])cc(C)c(C)c3[C@@H]3C=CC[C@H]32)cc(Br)c1OCc1ccc(Cl)c(Cl)c1. The molecular weight excluding hydrogens is 579 g/mol. The number of fused-ring (bicyclic) bond motifs is 3. The summed E-state index contributed by atoms with van der Waals surface area (Å²) in [6.07, 6.45) is 5.24. The Morgan fingerprint density at radius 3 is 2.65 bits per heavy atom. The van der Waals surface area contributed by atoms with E-state index in [1.165, 1.54) is 0 Å². The number of nitro groups is 1. The van der Waals surface area contributed by atoms with Crippen LogP contribution >= 0.6 is 39.1 Å². The van der Waals surface area contributed by atoms with Gasteiger partial charge >= 0.3 is 0 Å². The lowest BCUT2D eigenvalue weighted by atomic mass is 9.74. The van der Waals surface area contributed by atoms with E-state index in [-0.39, 0.29) is 35.1 Å². The summed E-state index contributed by atoms with van der Waals surface area (Å²) in [6, 6.07) is 10.8. The topological polar surface area (TPSA) is 73.6 Å². The molecule has 5 rings (SSSR count). The van der Waals surface area contributed by atoms with Crippen molar-refractivity contribution in [1.29, 1.82) is 0 Å². The van der Waals surface area contributed by atoms with Gasteiger partial charge in [0.25, 0.3) is 5.69 Å². The molecule has 2 aliphatic rings. The van der Waals surface area contributed by atoms with E-state index in [1.807, 2.05) is 32.0 Å². The van der Waals surface area contributed by atoms with E-state index in [2.05, 4.69) is 33.4 Å². The highest BCUT2D eigenvalue weighted by molar-refractivity contribution is 9.10. The van der Waals surface area contributed by atoms with Crippen molar-refractivity contribution in [1.82, 2.24) is 0 Å². The van der Waals surface area contributed by atoms with Crippen LogP contribution in [0.1, 0.15) is 46.2 Å². The summed E-state index contributed by atoms with van der Waals surface area (Å²) < 4.78 is 12.5. The summed E-state index contributed by atoms with van der Waals surface area (Å²) >= 11 is 15.8. The van der Waals surface area contributed by atoms with Crippen LogP contribution in [-0.4, -0.2) is 12.0 Å². The van der Waals surface area contributed by atoms with Crippen LogP contribution in [0.15, 0.2) is 53.0 Å². The van der Waals surface area contributed by atoms with Crippen molar-refractivity contribution < 1.29 is 14.4 Å². The van der Waals surface area contributed by atoms with Gasteiger partial charge in [0, 0.05) is 12.0 Å². The minimum atomic E-state index is -0.301. The number of anilines is 1. The number of hydrogen-bond donors (Lipinski definition) is 1. The fraction of sp³-hybridized carbons (Fsp3) is 0.286. The molecule has 0 bridgehead atoms. The molecule has 0 spiro atoms. The maximum atomic E-state index is 12.0. The van der Waals surface area contributed by atoms with Crippen LogP contribution < -0.4 is 14.8 Å². The number of benzene rings is 3. The largest absolute Gasteiger partial charge is 0.493 e. The van der Waals surface area contributed by atoms with Crippen molar-refractivity contribution in [2.24, 2.45) is 5.92 Å². The third-order valence-corrected chi connectivity index (χ3v) is 8.65. The first-order valence-corrected chi connectivity index (χ1v) is 13.4. The predicted octanol–water partition coefficient (Wildman–Crippen LogP) is 8.70. The second-order valence-electron chi connectivity index (χ2n) is 9.43. The molecule has 0 saturated heterocycles. The summed E-state index contributed by atoms with van der Waals surface area (Å²) in [7, 11) is 1.60. The van der Waals surface area contributed by atoms with Gasteiger partial charge in [0.05, 0.1) is 32.6 Å². The first kappa shape index (κ1) is 25.9. The summed E-state index contributed by atoms with van der Waals surface area (Å²) in [4.78, 5) is 11.7. The molecule has 0 amide bonds. The number of allylic oxidation sites excluding steroid dienone is 2. The van der Waals surface area contributed by atoms with Crippen molar-refractivity contribution in [2.75, 3.05) is 12.4 Å². The second-order valence-corrected chi connectivity index (χ2v) is 11.1. The Bertz CT molecular complexity index is 1440. The molecule has 0 radical (unpaired) electrons. The number of nitro benzene ring substituents is 1.